The SMILES string of the molecule is CCC(C)C(C(CC(=O)N1CCCC1C(SC)C(C)C(=O)NCCc1ccccc1O)OC)N(C)C(=O)C(NC(=O)C(C(C)C)N(C)C)C(C)C. The molecule has 12 heteroatoms. The summed E-state index contributed by atoms with van der Waals surface area (Å²) in [6.07, 6.45) is 4.45. The van der Waals surface area contributed by atoms with E-state index < -0.39 is 18.2 Å². The van der Waals surface area contributed by atoms with Crippen LogP contribution in [0.3, 0.4) is 0 Å². The average molecular weight is 734 g/mol. The molecule has 1 aromatic carbocycles. The summed E-state index contributed by atoms with van der Waals surface area (Å²) in [7, 11) is 7.07. The standard InChI is InChI=1S/C39H67N5O6S/c1-13-26(6)35(43(10)39(49)33(24(2)3)41-38(48)34(25(4)5)42(8)9)31(50-11)23-32(46)44-22-16-18-29(44)36(51-12)27(7)37(47)40-21-20-28-17-14-15-19-30(28)45/h14-15,17,19,24-27,29,31,33-36,45H,13,16,18,20-23H2,1-12H3,(H,40,47)(H,41,48). The van der Waals surface area contributed by atoms with Gasteiger partial charge < -0.3 is 30.3 Å². The molecule has 0 saturated carbocycles. The zero-order valence-electron chi connectivity index (χ0n) is 33.3. The van der Waals surface area contributed by atoms with Crippen molar-refractivity contribution in [1.29, 1.82) is 0 Å². The van der Waals surface area contributed by atoms with E-state index in [1.165, 1.54) is 0 Å². The van der Waals surface area contributed by atoms with Gasteiger partial charge in [-0.15, -0.1) is 0 Å². The molecule has 0 aliphatic carbocycles. The summed E-state index contributed by atoms with van der Waals surface area (Å²) in [5.41, 5.74) is 0.781. The van der Waals surface area contributed by atoms with Crippen LogP contribution in [0, 0.1) is 23.7 Å². The van der Waals surface area contributed by atoms with Crippen LogP contribution in [0.15, 0.2) is 24.3 Å². The molecule has 0 aromatic heterocycles. The molecule has 290 valence electrons. The molecular formula is C39H67N5O6S. The highest BCUT2D eigenvalue weighted by molar-refractivity contribution is 7.99. The van der Waals surface area contributed by atoms with E-state index in [1.807, 2.05) is 76.9 Å². The minimum Gasteiger partial charge on any atom is -0.508 e. The molecule has 1 aliphatic rings. The molecule has 8 unspecified atom stereocenters. The van der Waals surface area contributed by atoms with Gasteiger partial charge in [0, 0.05) is 44.5 Å². The van der Waals surface area contributed by atoms with Crippen molar-refractivity contribution >= 4 is 35.4 Å². The van der Waals surface area contributed by atoms with Crippen molar-refractivity contribution in [2.75, 3.05) is 47.6 Å². The van der Waals surface area contributed by atoms with Crippen LogP contribution in [0.2, 0.25) is 0 Å². The second-order valence-electron chi connectivity index (χ2n) is 15.1. The maximum absolute atomic E-state index is 14.2. The van der Waals surface area contributed by atoms with Crippen LogP contribution in [0.5, 0.6) is 5.75 Å². The number of nitrogens with zero attached hydrogens (tertiary/aromatic N) is 3. The number of rotatable bonds is 20. The first-order valence-corrected chi connectivity index (χ1v) is 19.9. The Balaban J connectivity index is 2.21. The molecule has 1 saturated heterocycles. The molecule has 2 rings (SSSR count). The Labute approximate surface area is 312 Å². The minimum atomic E-state index is -0.736. The number of amides is 4. The number of aromatic hydroxyl groups is 1. The van der Waals surface area contributed by atoms with Crippen molar-refractivity contribution < 1.29 is 29.0 Å². The third-order valence-corrected chi connectivity index (χ3v) is 11.9. The van der Waals surface area contributed by atoms with E-state index in [1.54, 1.807) is 43.0 Å². The summed E-state index contributed by atoms with van der Waals surface area (Å²) in [5.74, 6) is -0.726. The monoisotopic (exact) mass is 733 g/mol. The Morgan fingerprint density at radius 1 is 1.02 bits per heavy atom. The number of benzene rings is 1. The fourth-order valence-electron chi connectivity index (χ4n) is 7.61. The topological polar surface area (TPSA) is 132 Å². The summed E-state index contributed by atoms with van der Waals surface area (Å²) in [4.78, 5) is 60.5. The van der Waals surface area contributed by atoms with Gasteiger partial charge in [-0.3, -0.25) is 24.1 Å². The van der Waals surface area contributed by atoms with Gasteiger partial charge in [0.15, 0.2) is 0 Å². The number of likely N-dealkylation sites (N-methyl/N-ethyl adjacent to an activating group) is 2. The second kappa shape index (κ2) is 21.0. The first-order chi connectivity index (χ1) is 24.0. The van der Waals surface area contributed by atoms with Crippen molar-refractivity contribution in [1.82, 2.24) is 25.3 Å². The number of carbonyl (C=O) groups is 4. The number of para-hydroxylation sites is 1. The minimum absolute atomic E-state index is 0.0141. The smallest absolute Gasteiger partial charge is 0.245 e. The van der Waals surface area contributed by atoms with Gasteiger partial charge in [-0.1, -0.05) is 73.1 Å². The van der Waals surface area contributed by atoms with E-state index in [0.717, 1.165) is 24.8 Å². The molecule has 51 heavy (non-hydrogen) atoms. The van der Waals surface area contributed by atoms with Gasteiger partial charge in [-0.05, 0) is 69.0 Å². The molecule has 8 atom stereocenters. The van der Waals surface area contributed by atoms with Crippen LogP contribution in [0.4, 0.5) is 0 Å². The molecule has 1 aliphatic heterocycles. The lowest BCUT2D eigenvalue weighted by atomic mass is 9.89. The molecule has 11 nitrogen and oxygen atoms in total. The number of phenolic OH excluding ortho intramolecular Hbond substituents is 1. The van der Waals surface area contributed by atoms with Gasteiger partial charge in [0.2, 0.25) is 23.6 Å². The Morgan fingerprint density at radius 3 is 2.20 bits per heavy atom. The highest BCUT2D eigenvalue weighted by atomic mass is 32.2. The molecule has 0 bridgehead atoms. The van der Waals surface area contributed by atoms with Gasteiger partial charge in [0.1, 0.15) is 11.8 Å². The molecule has 3 N–H and O–H groups in total. The summed E-state index contributed by atoms with van der Waals surface area (Å²) in [5, 5.41) is 16.1. The van der Waals surface area contributed by atoms with Crippen molar-refractivity contribution in [3.05, 3.63) is 29.8 Å². The van der Waals surface area contributed by atoms with Crippen LogP contribution < -0.4 is 10.6 Å². The quantitative estimate of drug-likeness (QED) is 0.180. The number of phenols is 1. The lowest BCUT2D eigenvalue weighted by Gasteiger charge is -2.41. The summed E-state index contributed by atoms with van der Waals surface area (Å²) in [6, 6.07) is 5.48. The number of hydrogen-bond acceptors (Lipinski definition) is 8. The molecular weight excluding hydrogens is 667 g/mol. The normalized spacial score (nSPS) is 19.0. The van der Waals surface area contributed by atoms with E-state index in [2.05, 4.69) is 24.5 Å². The number of methoxy groups -OCH3 is 1. The van der Waals surface area contributed by atoms with Crippen molar-refractivity contribution in [2.45, 2.75) is 116 Å². The number of hydrogen-bond donors (Lipinski definition) is 3. The summed E-state index contributed by atoms with van der Waals surface area (Å²) >= 11 is 1.60. The molecule has 1 heterocycles. The van der Waals surface area contributed by atoms with Gasteiger partial charge in [-0.2, -0.15) is 11.8 Å². The lowest BCUT2D eigenvalue weighted by Crippen LogP contribution is -2.59. The second-order valence-corrected chi connectivity index (χ2v) is 16.2. The number of likely N-dealkylation sites (tertiary alicyclic amines) is 1. The lowest BCUT2D eigenvalue weighted by molar-refractivity contribution is -0.146. The van der Waals surface area contributed by atoms with E-state index in [-0.39, 0.29) is 76.8 Å². The van der Waals surface area contributed by atoms with Crippen LogP contribution >= 0.6 is 11.8 Å². The number of carbonyl (C=O) groups excluding carboxylic acids is 4. The highest BCUT2D eigenvalue weighted by Gasteiger charge is 2.42. The number of nitrogens with one attached hydrogen (secondary N) is 2. The third-order valence-electron chi connectivity index (χ3n) is 10.6. The maximum Gasteiger partial charge on any atom is 0.245 e. The van der Waals surface area contributed by atoms with Crippen LogP contribution in [-0.4, -0.2) is 127 Å². The van der Waals surface area contributed by atoms with E-state index in [0.29, 0.717) is 19.5 Å². The first kappa shape index (κ1) is 44.3. The zero-order chi connectivity index (χ0) is 38.6. The largest absolute Gasteiger partial charge is 0.508 e. The highest BCUT2D eigenvalue weighted by Crippen LogP contribution is 2.33. The van der Waals surface area contributed by atoms with Crippen LogP contribution in [-0.2, 0) is 30.3 Å². The Morgan fingerprint density at radius 2 is 1.67 bits per heavy atom. The van der Waals surface area contributed by atoms with Gasteiger partial charge >= 0.3 is 0 Å². The molecule has 1 aromatic rings. The van der Waals surface area contributed by atoms with E-state index >= 15 is 0 Å². The molecule has 4 amide bonds. The van der Waals surface area contributed by atoms with E-state index in [4.69, 9.17) is 4.74 Å². The Kier molecular flexibility index (Phi) is 18.3. The van der Waals surface area contributed by atoms with Gasteiger partial charge in [0.25, 0.3) is 0 Å². The Bertz CT molecular complexity index is 1270. The van der Waals surface area contributed by atoms with Gasteiger partial charge in [-0.25, -0.2) is 0 Å². The predicted molar refractivity (Wildman–Crippen MR) is 207 cm³/mol. The maximum atomic E-state index is 14.2. The molecule has 0 radical (unpaired) electrons. The third kappa shape index (κ3) is 11.8. The fourth-order valence-corrected chi connectivity index (χ4v) is 8.74. The number of thioether (sulfide) groups is 1. The van der Waals surface area contributed by atoms with E-state index in [9.17, 15) is 24.3 Å². The van der Waals surface area contributed by atoms with Crippen molar-refractivity contribution in [3.63, 3.8) is 0 Å². The van der Waals surface area contributed by atoms with Gasteiger partial charge in [0.05, 0.1) is 24.6 Å². The van der Waals surface area contributed by atoms with Crippen LogP contribution in [0.1, 0.15) is 79.7 Å². The zero-order valence-corrected chi connectivity index (χ0v) is 34.1. The first-order valence-electron chi connectivity index (χ1n) is 18.6. The van der Waals surface area contributed by atoms with Crippen molar-refractivity contribution in [2.24, 2.45) is 23.7 Å². The summed E-state index contributed by atoms with van der Waals surface area (Å²) in [6.45, 7) is 14.9. The number of ether oxygens (including phenoxy) is 1. The van der Waals surface area contributed by atoms with Crippen LogP contribution in [0.25, 0.3) is 0 Å². The summed E-state index contributed by atoms with van der Waals surface area (Å²) < 4.78 is 6.03. The molecule has 0 spiro atoms. The average Bonchev–Trinajstić information content (AvgIpc) is 3.56. The predicted octanol–water partition coefficient (Wildman–Crippen LogP) is 4.41. The molecule has 1 fully saturated rings. The van der Waals surface area contributed by atoms with Crippen molar-refractivity contribution in [3.8, 4) is 5.75 Å². The fraction of sp³-hybridized carbons (Fsp3) is 0.744. The Hall–Kier alpha value is -2.83.